The zero-order chi connectivity index (χ0) is 15.9. The molecule has 0 aromatic heterocycles. The number of hydrogen-bond acceptors (Lipinski definition) is 4. The normalized spacial score (nSPS) is 11.7. The maximum atomic E-state index is 12.1. The van der Waals surface area contributed by atoms with E-state index < -0.39 is 11.0 Å². The standard InChI is InChI=1S/C17H15BrO4/c1-21-17(20)14-9-5-6-12(10-14)11-22-16(18)15(19)13-7-3-2-4-8-13/h2-10,16H,11H2,1H3. The molecule has 1 atom stereocenters. The molecule has 114 valence electrons. The van der Waals surface area contributed by atoms with Crippen molar-refractivity contribution in [2.45, 2.75) is 11.6 Å². The van der Waals surface area contributed by atoms with E-state index in [2.05, 4.69) is 20.7 Å². The molecule has 5 heteroatoms. The third-order valence-corrected chi connectivity index (χ3v) is 3.69. The summed E-state index contributed by atoms with van der Waals surface area (Å²) < 4.78 is 10.2. The number of alkyl halides is 1. The number of esters is 1. The Kier molecular flexibility index (Phi) is 5.86. The highest BCUT2D eigenvalue weighted by Gasteiger charge is 2.17. The number of carbonyl (C=O) groups excluding carboxylic acids is 2. The van der Waals surface area contributed by atoms with E-state index in [-0.39, 0.29) is 12.4 Å². The van der Waals surface area contributed by atoms with Crippen molar-refractivity contribution in [1.29, 1.82) is 0 Å². The highest BCUT2D eigenvalue weighted by molar-refractivity contribution is 9.09. The van der Waals surface area contributed by atoms with Gasteiger partial charge in [0.05, 0.1) is 19.3 Å². The quantitative estimate of drug-likeness (QED) is 0.447. The van der Waals surface area contributed by atoms with Crippen LogP contribution in [0.15, 0.2) is 54.6 Å². The van der Waals surface area contributed by atoms with Gasteiger partial charge in [-0.1, -0.05) is 42.5 Å². The van der Waals surface area contributed by atoms with Crippen molar-refractivity contribution in [3.8, 4) is 0 Å². The van der Waals surface area contributed by atoms with Crippen molar-refractivity contribution in [2.75, 3.05) is 7.11 Å². The molecule has 2 rings (SSSR count). The van der Waals surface area contributed by atoms with Crippen LogP contribution in [0.2, 0.25) is 0 Å². The molecule has 0 aliphatic heterocycles. The van der Waals surface area contributed by atoms with Crippen LogP contribution in [0.1, 0.15) is 26.3 Å². The van der Waals surface area contributed by atoms with Crippen LogP contribution in [-0.2, 0) is 16.1 Å². The van der Waals surface area contributed by atoms with Crippen molar-refractivity contribution < 1.29 is 19.1 Å². The number of ether oxygens (including phenoxy) is 2. The third-order valence-electron chi connectivity index (χ3n) is 3.01. The molecule has 22 heavy (non-hydrogen) atoms. The summed E-state index contributed by atoms with van der Waals surface area (Å²) in [7, 11) is 1.33. The number of Topliss-reactive ketones (excluding diaryl/α,β-unsaturated/α-hetero) is 1. The Hall–Kier alpha value is -1.98. The van der Waals surface area contributed by atoms with E-state index in [1.54, 1.807) is 42.5 Å². The molecular formula is C17H15BrO4. The summed E-state index contributed by atoms with van der Waals surface area (Å²) in [6.07, 6.45) is 0. The van der Waals surface area contributed by atoms with E-state index in [0.717, 1.165) is 5.56 Å². The van der Waals surface area contributed by atoms with E-state index in [9.17, 15) is 9.59 Å². The van der Waals surface area contributed by atoms with E-state index >= 15 is 0 Å². The predicted octanol–water partition coefficient (Wildman–Crippen LogP) is 3.59. The lowest BCUT2D eigenvalue weighted by Crippen LogP contribution is -2.17. The van der Waals surface area contributed by atoms with Crippen LogP contribution < -0.4 is 0 Å². The Bertz CT molecular complexity index is 655. The zero-order valence-electron chi connectivity index (χ0n) is 12.0. The second kappa shape index (κ2) is 7.87. The molecule has 0 fully saturated rings. The summed E-state index contributed by atoms with van der Waals surface area (Å²) in [4.78, 5) is 23.6. The maximum Gasteiger partial charge on any atom is 0.337 e. The lowest BCUT2D eigenvalue weighted by atomic mass is 10.1. The number of carbonyl (C=O) groups is 2. The summed E-state index contributed by atoms with van der Waals surface area (Å²) in [5, 5.41) is -0.739. The van der Waals surface area contributed by atoms with Crippen LogP contribution >= 0.6 is 15.9 Å². The van der Waals surface area contributed by atoms with Gasteiger partial charge >= 0.3 is 5.97 Å². The van der Waals surface area contributed by atoms with Gasteiger partial charge in [0, 0.05) is 5.56 Å². The lowest BCUT2D eigenvalue weighted by Gasteiger charge is -2.11. The van der Waals surface area contributed by atoms with Crippen LogP contribution in [0.4, 0.5) is 0 Å². The van der Waals surface area contributed by atoms with Crippen LogP contribution in [-0.4, -0.2) is 23.9 Å². The SMILES string of the molecule is COC(=O)c1cccc(COC(Br)C(=O)c2ccccc2)c1. The van der Waals surface area contributed by atoms with Gasteiger partial charge in [0.2, 0.25) is 5.78 Å². The summed E-state index contributed by atoms with van der Waals surface area (Å²) in [6, 6.07) is 15.8. The smallest absolute Gasteiger partial charge is 0.337 e. The Labute approximate surface area is 137 Å². The van der Waals surface area contributed by atoms with Gasteiger partial charge in [-0.3, -0.25) is 4.79 Å². The van der Waals surface area contributed by atoms with E-state index in [1.807, 2.05) is 12.1 Å². The minimum Gasteiger partial charge on any atom is -0.465 e. The van der Waals surface area contributed by atoms with E-state index in [1.165, 1.54) is 7.11 Å². The molecule has 0 saturated carbocycles. The van der Waals surface area contributed by atoms with Gasteiger partial charge in [-0.2, -0.15) is 0 Å². The number of halogens is 1. The Morgan fingerprint density at radius 2 is 1.73 bits per heavy atom. The van der Waals surface area contributed by atoms with Gasteiger partial charge < -0.3 is 9.47 Å². The molecular weight excluding hydrogens is 348 g/mol. The van der Waals surface area contributed by atoms with Crippen LogP contribution in [0.25, 0.3) is 0 Å². The molecule has 2 aromatic carbocycles. The Balaban J connectivity index is 1.98. The van der Waals surface area contributed by atoms with Crippen LogP contribution in [0.3, 0.4) is 0 Å². The van der Waals surface area contributed by atoms with Crippen LogP contribution in [0.5, 0.6) is 0 Å². The molecule has 0 aliphatic carbocycles. The second-order valence-electron chi connectivity index (χ2n) is 4.55. The molecule has 0 saturated heterocycles. The first-order valence-corrected chi connectivity index (χ1v) is 7.55. The first-order valence-electron chi connectivity index (χ1n) is 6.64. The molecule has 2 aromatic rings. The second-order valence-corrected chi connectivity index (χ2v) is 5.38. The molecule has 0 bridgehead atoms. The van der Waals surface area contributed by atoms with E-state index in [4.69, 9.17) is 4.74 Å². The highest BCUT2D eigenvalue weighted by Crippen LogP contribution is 2.15. The molecule has 0 amide bonds. The fourth-order valence-electron chi connectivity index (χ4n) is 1.88. The molecule has 0 heterocycles. The van der Waals surface area contributed by atoms with E-state index in [0.29, 0.717) is 11.1 Å². The number of ketones is 1. The molecule has 0 spiro atoms. The summed E-state index contributed by atoms with van der Waals surface area (Å²) in [5.74, 6) is -0.553. The average Bonchev–Trinajstić information content (AvgIpc) is 2.59. The summed E-state index contributed by atoms with van der Waals surface area (Å²) in [5.41, 5.74) is 1.81. The first-order chi connectivity index (χ1) is 10.6. The minimum absolute atomic E-state index is 0.148. The van der Waals surface area contributed by atoms with Crippen molar-refractivity contribution in [2.24, 2.45) is 0 Å². The van der Waals surface area contributed by atoms with Gasteiger partial charge in [-0.15, -0.1) is 0 Å². The lowest BCUT2D eigenvalue weighted by molar-refractivity contribution is 0.0596. The Morgan fingerprint density at radius 1 is 1.05 bits per heavy atom. The third kappa shape index (κ3) is 4.26. The fraction of sp³-hybridized carbons (Fsp3) is 0.176. The number of benzene rings is 2. The molecule has 1 unspecified atom stereocenters. The largest absolute Gasteiger partial charge is 0.465 e. The van der Waals surface area contributed by atoms with Crippen LogP contribution in [0, 0.1) is 0 Å². The molecule has 0 aliphatic rings. The first kappa shape index (κ1) is 16.4. The highest BCUT2D eigenvalue weighted by atomic mass is 79.9. The van der Waals surface area contributed by atoms with Gasteiger partial charge in [0.25, 0.3) is 0 Å². The summed E-state index contributed by atoms with van der Waals surface area (Å²) >= 11 is 3.24. The van der Waals surface area contributed by atoms with Gasteiger partial charge in [-0.25, -0.2) is 4.79 Å². The topological polar surface area (TPSA) is 52.6 Å². The number of hydrogen-bond donors (Lipinski definition) is 0. The van der Waals surface area contributed by atoms with Crippen molar-refractivity contribution in [1.82, 2.24) is 0 Å². The van der Waals surface area contributed by atoms with Crippen molar-refractivity contribution >= 4 is 27.7 Å². The molecule has 4 nitrogen and oxygen atoms in total. The average molecular weight is 363 g/mol. The Morgan fingerprint density at radius 3 is 2.41 bits per heavy atom. The maximum absolute atomic E-state index is 12.1. The fourth-order valence-corrected chi connectivity index (χ4v) is 2.28. The predicted molar refractivity (Wildman–Crippen MR) is 86.1 cm³/mol. The monoisotopic (exact) mass is 362 g/mol. The molecule has 0 N–H and O–H groups in total. The molecule has 0 radical (unpaired) electrons. The van der Waals surface area contributed by atoms with Gasteiger partial charge in [0.1, 0.15) is 0 Å². The van der Waals surface area contributed by atoms with Crippen molar-refractivity contribution in [3.05, 3.63) is 71.3 Å². The van der Waals surface area contributed by atoms with Gasteiger partial charge in [-0.05, 0) is 33.6 Å². The summed E-state index contributed by atoms with van der Waals surface area (Å²) in [6.45, 7) is 0.208. The zero-order valence-corrected chi connectivity index (χ0v) is 13.6. The number of rotatable bonds is 6. The number of methoxy groups -OCH3 is 1. The van der Waals surface area contributed by atoms with Gasteiger partial charge in [0.15, 0.2) is 5.01 Å². The van der Waals surface area contributed by atoms with Crippen molar-refractivity contribution in [3.63, 3.8) is 0 Å². The minimum atomic E-state index is -0.739.